The molecule has 0 bridgehead atoms. The fourth-order valence-electron chi connectivity index (χ4n) is 0.824. The van der Waals surface area contributed by atoms with Crippen LogP contribution in [0.2, 0.25) is 0 Å². The van der Waals surface area contributed by atoms with Gasteiger partial charge in [-0.25, -0.2) is 0 Å². The molecule has 0 saturated heterocycles. The molecule has 2 atom stereocenters. The van der Waals surface area contributed by atoms with E-state index in [2.05, 4.69) is 5.32 Å². The molecule has 0 radical (unpaired) electrons. The molecular formula is C10H23NO2. The number of ether oxygens (including phenoxy) is 1. The van der Waals surface area contributed by atoms with E-state index < -0.39 is 5.60 Å². The van der Waals surface area contributed by atoms with E-state index in [1.54, 1.807) is 0 Å². The van der Waals surface area contributed by atoms with Gasteiger partial charge in [0, 0.05) is 6.54 Å². The van der Waals surface area contributed by atoms with Crippen LogP contribution < -0.4 is 5.32 Å². The van der Waals surface area contributed by atoms with Crippen LogP contribution >= 0.6 is 0 Å². The maximum Gasteiger partial charge on any atom is 0.0875 e. The Labute approximate surface area is 81.5 Å². The minimum atomic E-state index is -0.720. The maximum absolute atomic E-state index is 9.86. The lowest BCUT2D eigenvalue weighted by Crippen LogP contribution is -2.39. The van der Waals surface area contributed by atoms with Gasteiger partial charge in [-0.05, 0) is 26.8 Å². The molecule has 0 aromatic heterocycles. The maximum atomic E-state index is 9.86. The Kier molecular flexibility index (Phi) is 5.53. The summed E-state index contributed by atoms with van der Waals surface area (Å²) < 4.78 is 5.50. The summed E-state index contributed by atoms with van der Waals surface area (Å²) in [7, 11) is 1.89. The first-order valence-corrected chi connectivity index (χ1v) is 4.88. The van der Waals surface area contributed by atoms with Crippen molar-refractivity contribution in [3.05, 3.63) is 0 Å². The highest BCUT2D eigenvalue weighted by atomic mass is 16.5. The van der Waals surface area contributed by atoms with Gasteiger partial charge in [-0.2, -0.15) is 0 Å². The quantitative estimate of drug-likeness (QED) is 0.655. The molecule has 0 saturated carbocycles. The van der Waals surface area contributed by atoms with Crippen molar-refractivity contribution in [1.29, 1.82) is 0 Å². The smallest absolute Gasteiger partial charge is 0.0875 e. The van der Waals surface area contributed by atoms with Gasteiger partial charge in [-0.3, -0.25) is 0 Å². The Hall–Kier alpha value is -0.120. The molecule has 80 valence electrons. The zero-order valence-electron chi connectivity index (χ0n) is 9.42. The number of hydrogen-bond donors (Lipinski definition) is 2. The predicted molar refractivity (Wildman–Crippen MR) is 54.8 cm³/mol. The molecule has 0 aromatic rings. The van der Waals surface area contributed by atoms with E-state index in [1.165, 1.54) is 0 Å². The van der Waals surface area contributed by atoms with E-state index >= 15 is 0 Å². The van der Waals surface area contributed by atoms with Crippen LogP contribution in [0.5, 0.6) is 0 Å². The highest BCUT2D eigenvalue weighted by Gasteiger charge is 2.25. The fraction of sp³-hybridized carbons (Fsp3) is 1.00. The van der Waals surface area contributed by atoms with E-state index in [-0.39, 0.29) is 12.0 Å². The van der Waals surface area contributed by atoms with E-state index in [1.807, 2.05) is 34.7 Å². The van der Waals surface area contributed by atoms with Crippen molar-refractivity contribution >= 4 is 0 Å². The van der Waals surface area contributed by atoms with Gasteiger partial charge in [0.2, 0.25) is 0 Å². The molecule has 3 nitrogen and oxygen atoms in total. The summed E-state index contributed by atoms with van der Waals surface area (Å²) in [5, 5.41) is 12.9. The lowest BCUT2D eigenvalue weighted by atomic mass is 9.94. The summed E-state index contributed by atoms with van der Waals surface area (Å²) in [6.45, 7) is 9.00. The molecule has 0 amide bonds. The molecule has 0 rings (SSSR count). The van der Waals surface area contributed by atoms with Crippen LogP contribution in [0.1, 0.15) is 27.7 Å². The van der Waals surface area contributed by atoms with Gasteiger partial charge in [0.05, 0.1) is 18.3 Å². The largest absolute Gasteiger partial charge is 0.388 e. The third-order valence-corrected chi connectivity index (χ3v) is 2.40. The Morgan fingerprint density at radius 1 is 1.38 bits per heavy atom. The second kappa shape index (κ2) is 5.58. The Morgan fingerprint density at radius 3 is 2.31 bits per heavy atom. The molecule has 0 spiro atoms. The lowest BCUT2D eigenvalue weighted by molar-refractivity contribution is -0.0816. The van der Waals surface area contributed by atoms with Crippen molar-refractivity contribution in [2.45, 2.75) is 39.4 Å². The number of rotatable bonds is 6. The average Bonchev–Trinajstić information content (AvgIpc) is 2.01. The number of likely N-dealkylation sites (N-methyl/N-ethyl adjacent to an activating group) is 1. The van der Waals surface area contributed by atoms with E-state index in [0.717, 1.165) is 6.54 Å². The second-order valence-corrected chi connectivity index (χ2v) is 4.19. The lowest BCUT2D eigenvalue weighted by Gasteiger charge is -2.28. The second-order valence-electron chi connectivity index (χ2n) is 4.19. The highest BCUT2D eigenvalue weighted by molar-refractivity contribution is 4.76. The van der Waals surface area contributed by atoms with Crippen molar-refractivity contribution in [2.24, 2.45) is 5.92 Å². The molecule has 13 heavy (non-hydrogen) atoms. The molecular weight excluding hydrogens is 166 g/mol. The standard InChI is InChI=1S/C10H23NO2/c1-8(2)10(4,12)7-13-9(3)6-11-5/h8-9,11-12H,6-7H2,1-5H3. The summed E-state index contributed by atoms with van der Waals surface area (Å²) in [6.07, 6.45) is 0.148. The fourth-order valence-corrected chi connectivity index (χ4v) is 0.824. The minimum absolute atomic E-state index is 0.148. The van der Waals surface area contributed by atoms with Crippen molar-refractivity contribution in [2.75, 3.05) is 20.2 Å². The Bertz CT molecular complexity index is 135. The van der Waals surface area contributed by atoms with Crippen molar-refractivity contribution in [3.63, 3.8) is 0 Å². The summed E-state index contributed by atoms with van der Waals surface area (Å²) in [4.78, 5) is 0. The number of aliphatic hydroxyl groups is 1. The predicted octanol–water partition coefficient (Wildman–Crippen LogP) is 1.02. The van der Waals surface area contributed by atoms with Crippen molar-refractivity contribution in [1.82, 2.24) is 5.32 Å². The Morgan fingerprint density at radius 2 is 1.92 bits per heavy atom. The average molecular weight is 189 g/mol. The number of hydrogen-bond acceptors (Lipinski definition) is 3. The summed E-state index contributed by atoms with van der Waals surface area (Å²) >= 11 is 0. The molecule has 0 aliphatic rings. The monoisotopic (exact) mass is 189 g/mol. The first-order chi connectivity index (χ1) is 5.90. The van der Waals surface area contributed by atoms with Crippen LogP contribution in [0.3, 0.4) is 0 Å². The van der Waals surface area contributed by atoms with Crippen LogP contribution in [0.4, 0.5) is 0 Å². The van der Waals surface area contributed by atoms with E-state index in [9.17, 15) is 5.11 Å². The van der Waals surface area contributed by atoms with Gasteiger partial charge in [-0.15, -0.1) is 0 Å². The summed E-state index contributed by atoms with van der Waals surface area (Å²) in [5.74, 6) is 0.217. The molecule has 0 heterocycles. The van der Waals surface area contributed by atoms with Crippen LogP contribution in [0.25, 0.3) is 0 Å². The zero-order chi connectivity index (χ0) is 10.5. The van der Waals surface area contributed by atoms with Gasteiger partial charge in [-0.1, -0.05) is 13.8 Å². The van der Waals surface area contributed by atoms with Gasteiger partial charge in [0.15, 0.2) is 0 Å². The van der Waals surface area contributed by atoms with Crippen molar-refractivity contribution in [3.8, 4) is 0 Å². The van der Waals surface area contributed by atoms with Crippen molar-refractivity contribution < 1.29 is 9.84 Å². The summed E-state index contributed by atoms with van der Waals surface area (Å²) in [5.41, 5.74) is -0.720. The Balaban J connectivity index is 3.74. The van der Waals surface area contributed by atoms with Crippen LogP contribution in [0.15, 0.2) is 0 Å². The SMILES string of the molecule is CNCC(C)OCC(C)(O)C(C)C. The first-order valence-electron chi connectivity index (χ1n) is 4.88. The van der Waals surface area contributed by atoms with Gasteiger partial charge >= 0.3 is 0 Å². The van der Waals surface area contributed by atoms with Gasteiger partial charge in [0.25, 0.3) is 0 Å². The third-order valence-electron chi connectivity index (χ3n) is 2.40. The first kappa shape index (κ1) is 12.9. The summed E-state index contributed by atoms with van der Waals surface area (Å²) in [6, 6.07) is 0. The zero-order valence-corrected chi connectivity index (χ0v) is 9.42. The molecule has 0 aliphatic heterocycles. The molecule has 3 heteroatoms. The van der Waals surface area contributed by atoms with E-state index in [4.69, 9.17) is 4.74 Å². The molecule has 2 unspecified atom stereocenters. The molecule has 0 fully saturated rings. The van der Waals surface area contributed by atoms with Crippen LogP contribution in [0, 0.1) is 5.92 Å². The highest BCUT2D eigenvalue weighted by Crippen LogP contribution is 2.16. The normalized spacial score (nSPS) is 18.7. The molecule has 0 aliphatic carbocycles. The van der Waals surface area contributed by atoms with Gasteiger partial charge < -0.3 is 15.2 Å². The van der Waals surface area contributed by atoms with Crippen LogP contribution in [-0.4, -0.2) is 37.0 Å². The molecule has 2 N–H and O–H groups in total. The van der Waals surface area contributed by atoms with E-state index in [0.29, 0.717) is 6.61 Å². The van der Waals surface area contributed by atoms with Gasteiger partial charge in [0.1, 0.15) is 0 Å². The van der Waals surface area contributed by atoms with Crippen LogP contribution in [-0.2, 0) is 4.74 Å². The third kappa shape index (κ3) is 5.24. The minimum Gasteiger partial charge on any atom is -0.388 e. The number of nitrogens with one attached hydrogen (secondary N) is 1. The molecule has 0 aromatic carbocycles. The topological polar surface area (TPSA) is 41.5 Å².